The summed E-state index contributed by atoms with van der Waals surface area (Å²) in [4.78, 5) is 27.3. The van der Waals surface area contributed by atoms with Crippen LogP contribution in [0.3, 0.4) is 0 Å². The zero-order valence-electron chi connectivity index (χ0n) is 15.3. The van der Waals surface area contributed by atoms with Gasteiger partial charge in [0.1, 0.15) is 0 Å². The Balaban J connectivity index is 1.62. The number of amides is 2. The molecule has 28 heavy (non-hydrogen) atoms. The molecule has 146 valence electrons. The minimum atomic E-state index is -0.0648. The second kappa shape index (κ2) is 9.63. The van der Waals surface area contributed by atoms with Crippen molar-refractivity contribution in [3.63, 3.8) is 0 Å². The number of nitrogens with one attached hydrogen (secondary N) is 1. The Labute approximate surface area is 182 Å². The second-order valence-electron chi connectivity index (χ2n) is 6.53. The number of rotatable bonds is 5. The predicted octanol–water partition coefficient (Wildman–Crippen LogP) is 5.00. The maximum Gasteiger partial charge on any atom is 0.246 e. The summed E-state index contributed by atoms with van der Waals surface area (Å²) in [5.41, 5.74) is 0.868. The van der Waals surface area contributed by atoms with Gasteiger partial charge in [-0.25, -0.2) is 0 Å². The Bertz CT molecular complexity index is 919. The first-order chi connectivity index (χ1) is 13.4. The van der Waals surface area contributed by atoms with Crippen LogP contribution in [0.1, 0.15) is 18.9 Å². The van der Waals surface area contributed by atoms with E-state index in [1.807, 2.05) is 42.5 Å². The van der Waals surface area contributed by atoms with E-state index in [2.05, 4.69) is 21.2 Å². The van der Waals surface area contributed by atoms with Gasteiger partial charge in [0.05, 0.1) is 5.02 Å². The lowest BCUT2D eigenvalue weighted by molar-refractivity contribution is -0.125. The van der Waals surface area contributed by atoms with Crippen molar-refractivity contribution < 1.29 is 9.59 Å². The molecule has 0 bridgehead atoms. The fourth-order valence-corrected chi connectivity index (χ4v) is 4.66. The zero-order valence-corrected chi connectivity index (χ0v) is 18.5. The molecular weight excluding hydrogens is 460 g/mol. The molecule has 1 N–H and O–H groups in total. The van der Waals surface area contributed by atoms with Gasteiger partial charge in [0.15, 0.2) is 0 Å². The van der Waals surface area contributed by atoms with Crippen molar-refractivity contribution in [3.8, 4) is 0 Å². The molecule has 1 saturated heterocycles. The molecule has 4 nitrogen and oxygen atoms in total. The standard InChI is InChI=1S/C21H20BrClN2O2S/c1-14(26)24-16-10-11-25(13-16)21(27)9-7-15-6-8-20(18(23)12-15)28-19-5-3-2-4-17(19)22/h2-9,12,16H,10-11,13H2,1H3,(H,24,26). The molecule has 7 heteroatoms. The van der Waals surface area contributed by atoms with Crippen molar-refractivity contribution in [2.75, 3.05) is 13.1 Å². The first-order valence-corrected chi connectivity index (χ1v) is 10.9. The van der Waals surface area contributed by atoms with Crippen LogP contribution < -0.4 is 5.32 Å². The lowest BCUT2D eigenvalue weighted by atomic mass is 10.2. The van der Waals surface area contributed by atoms with Gasteiger partial charge in [0.2, 0.25) is 11.8 Å². The normalized spacial score (nSPS) is 16.5. The van der Waals surface area contributed by atoms with Crippen LogP contribution >= 0.6 is 39.3 Å². The van der Waals surface area contributed by atoms with E-state index in [0.29, 0.717) is 18.1 Å². The maximum atomic E-state index is 12.4. The van der Waals surface area contributed by atoms with Crippen LogP contribution in [0.15, 0.2) is 62.8 Å². The summed E-state index contributed by atoms with van der Waals surface area (Å²) in [6.45, 7) is 2.69. The van der Waals surface area contributed by atoms with E-state index in [-0.39, 0.29) is 17.9 Å². The van der Waals surface area contributed by atoms with E-state index in [1.165, 1.54) is 6.92 Å². The first-order valence-electron chi connectivity index (χ1n) is 8.88. The number of nitrogens with zero attached hydrogens (tertiary/aromatic N) is 1. The van der Waals surface area contributed by atoms with E-state index in [0.717, 1.165) is 26.2 Å². The molecule has 1 aliphatic rings. The summed E-state index contributed by atoms with van der Waals surface area (Å²) < 4.78 is 1.02. The van der Waals surface area contributed by atoms with Gasteiger partial charge in [0.25, 0.3) is 0 Å². The number of likely N-dealkylation sites (tertiary alicyclic amines) is 1. The van der Waals surface area contributed by atoms with Gasteiger partial charge in [-0.05, 0) is 58.3 Å². The Kier molecular flexibility index (Phi) is 7.21. The molecule has 0 aromatic heterocycles. The summed E-state index contributed by atoms with van der Waals surface area (Å²) in [5.74, 6) is -0.124. The minimum absolute atomic E-state index is 0.0397. The number of benzene rings is 2. The highest BCUT2D eigenvalue weighted by molar-refractivity contribution is 9.10. The van der Waals surface area contributed by atoms with Crippen LogP contribution in [0, 0.1) is 0 Å². The van der Waals surface area contributed by atoms with Crippen molar-refractivity contribution in [1.29, 1.82) is 0 Å². The van der Waals surface area contributed by atoms with Gasteiger partial charge < -0.3 is 10.2 Å². The van der Waals surface area contributed by atoms with Gasteiger partial charge in [-0.2, -0.15) is 0 Å². The van der Waals surface area contributed by atoms with Crippen LogP contribution in [0.4, 0.5) is 0 Å². The van der Waals surface area contributed by atoms with Gasteiger partial charge in [0, 0.05) is 46.4 Å². The van der Waals surface area contributed by atoms with Crippen LogP contribution in [-0.4, -0.2) is 35.8 Å². The Morgan fingerprint density at radius 2 is 2.04 bits per heavy atom. The summed E-state index contributed by atoms with van der Waals surface area (Å²) >= 11 is 11.6. The average Bonchev–Trinajstić information content (AvgIpc) is 3.11. The summed E-state index contributed by atoms with van der Waals surface area (Å²) in [6.07, 6.45) is 4.11. The van der Waals surface area contributed by atoms with Crippen LogP contribution in [0.2, 0.25) is 5.02 Å². The van der Waals surface area contributed by atoms with Crippen molar-refractivity contribution in [2.45, 2.75) is 29.2 Å². The SMILES string of the molecule is CC(=O)NC1CCN(C(=O)C=Cc2ccc(Sc3ccccc3Br)c(Cl)c2)C1. The van der Waals surface area contributed by atoms with E-state index in [9.17, 15) is 9.59 Å². The molecule has 1 atom stereocenters. The average molecular weight is 480 g/mol. The molecule has 2 aromatic carbocycles. The molecule has 2 amide bonds. The third kappa shape index (κ3) is 5.63. The summed E-state index contributed by atoms with van der Waals surface area (Å²) in [5, 5.41) is 3.50. The molecule has 0 radical (unpaired) electrons. The molecule has 1 unspecified atom stereocenters. The fourth-order valence-electron chi connectivity index (χ4n) is 2.99. The lowest BCUT2D eigenvalue weighted by Gasteiger charge is -2.14. The quantitative estimate of drug-likeness (QED) is 0.614. The van der Waals surface area contributed by atoms with Crippen LogP contribution in [-0.2, 0) is 9.59 Å². The highest BCUT2D eigenvalue weighted by Gasteiger charge is 2.25. The summed E-state index contributed by atoms with van der Waals surface area (Å²) in [7, 11) is 0. The van der Waals surface area contributed by atoms with Crippen molar-refractivity contribution in [3.05, 3.63) is 63.6 Å². The molecule has 0 spiro atoms. The maximum absolute atomic E-state index is 12.4. The van der Waals surface area contributed by atoms with E-state index in [4.69, 9.17) is 11.6 Å². The van der Waals surface area contributed by atoms with E-state index >= 15 is 0 Å². The molecule has 1 heterocycles. The van der Waals surface area contributed by atoms with E-state index in [1.54, 1.807) is 28.8 Å². The lowest BCUT2D eigenvalue weighted by Crippen LogP contribution is -2.36. The molecule has 3 rings (SSSR count). The number of carbonyl (C=O) groups is 2. The fraction of sp³-hybridized carbons (Fsp3) is 0.238. The van der Waals surface area contributed by atoms with Gasteiger partial charge >= 0.3 is 0 Å². The molecule has 2 aromatic rings. The van der Waals surface area contributed by atoms with Gasteiger partial charge in [-0.15, -0.1) is 0 Å². The number of hydrogen-bond donors (Lipinski definition) is 1. The van der Waals surface area contributed by atoms with Crippen molar-refractivity contribution >= 4 is 57.2 Å². The molecular formula is C21H20BrClN2O2S. The van der Waals surface area contributed by atoms with Crippen LogP contribution in [0.5, 0.6) is 0 Å². The van der Waals surface area contributed by atoms with Gasteiger partial charge in [-0.1, -0.05) is 41.6 Å². The Morgan fingerprint density at radius 3 is 2.75 bits per heavy atom. The predicted molar refractivity (Wildman–Crippen MR) is 118 cm³/mol. The zero-order chi connectivity index (χ0) is 20.1. The van der Waals surface area contributed by atoms with Crippen molar-refractivity contribution in [1.82, 2.24) is 10.2 Å². The minimum Gasteiger partial charge on any atom is -0.352 e. The smallest absolute Gasteiger partial charge is 0.246 e. The van der Waals surface area contributed by atoms with Gasteiger partial charge in [-0.3, -0.25) is 9.59 Å². The second-order valence-corrected chi connectivity index (χ2v) is 8.87. The highest BCUT2D eigenvalue weighted by Crippen LogP contribution is 2.37. The number of hydrogen-bond acceptors (Lipinski definition) is 3. The monoisotopic (exact) mass is 478 g/mol. The highest BCUT2D eigenvalue weighted by atomic mass is 79.9. The van der Waals surface area contributed by atoms with Crippen LogP contribution in [0.25, 0.3) is 6.08 Å². The molecule has 1 fully saturated rings. The largest absolute Gasteiger partial charge is 0.352 e. The number of halogens is 2. The molecule has 1 aliphatic heterocycles. The number of carbonyl (C=O) groups excluding carboxylic acids is 2. The topological polar surface area (TPSA) is 49.4 Å². The molecule has 0 aliphatic carbocycles. The first kappa shape index (κ1) is 21.0. The van der Waals surface area contributed by atoms with Crippen molar-refractivity contribution in [2.24, 2.45) is 0 Å². The van der Waals surface area contributed by atoms with E-state index < -0.39 is 0 Å². The molecule has 0 saturated carbocycles. The Morgan fingerprint density at radius 1 is 1.25 bits per heavy atom. The third-order valence-corrected chi connectivity index (χ3v) is 6.87. The third-order valence-electron chi connectivity index (χ3n) is 4.34. The summed E-state index contributed by atoms with van der Waals surface area (Å²) in [6, 6.07) is 13.8. The Hall–Kier alpha value is -1.76.